The van der Waals surface area contributed by atoms with Gasteiger partial charge < -0.3 is 5.11 Å². The second-order valence-electron chi connectivity index (χ2n) is 5.86. The van der Waals surface area contributed by atoms with Crippen molar-refractivity contribution in [2.24, 2.45) is 0 Å². The third-order valence-corrected chi connectivity index (χ3v) is 4.50. The van der Waals surface area contributed by atoms with Gasteiger partial charge in [0.2, 0.25) is 0 Å². The van der Waals surface area contributed by atoms with E-state index in [2.05, 4.69) is 43.2 Å². The predicted octanol–water partition coefficient (Wildman–Crippen LogP) is 3.53. The lowest BCUT2D eigenvalue weighted by atomic mass is 9.82. The molecule has 2 aromatic rings. The Kier molecular flexibility index (Phi) is 3.35. The molecule has 3 rings (SSSR count). The van der Waals surface area contributed by atoms with Gasteiger partial charge in [-0.25, -0.2) is 0 Å². The van der Waals surface area contributed by atoms with Gasteiger partial charge in [0.05, 0.1) is 0 Å². The Balaban J connectivity index is 2.31. The summed E-state index contributed by atoms with van der Waals surface area (Å²) in [7, 11) is 0. The molecule has 1 unspecified atom stereocenters. The standard InChI is InChI=1S/C20H20O/c1-4-15-7-9-17-11-10-16-8-6-14(3)12-18(16)20(21,5-2)19(17)13-15/h2,6-9,12-13,21H,4,10-11H2,1,3H3. The number of hydrogen-bond donors (Lipinski definition) is 1. The molecule has 2 aromatic carbocycles. The fourth-order valence-corrected chi connectivity index (χ4v) is 3.21. The molecule has 1 heteroatoms. The Labute approximate surface area is 126 Å². The van der Waals surface area contributed by atoms with Crippen molar-refractivity contribution in [2.75, 3.05) is 0 Å². The van der Waals surface area contributed by atoms with Gasteiger partial charge in [-0.2, -0.15) is 0 Å². The summed E-state index contributed by atoms with van der Waals surface area (Å²) in [5.74, 6) is 2.67. The Morgan fingerprint density at radius 3 is 2.33 bits per heavy atom. The minimum Gasteiger partial charge on any atom is -0.369 e. The largest absolute Gasteiger partial charge is 0.369 e. The van der Waals surface area contributed by atoms with E-state index in [1.807, 2.05) is 13.0 Å². The highest BCUT2D eigenvalue weighted by molar-refractivity contribution is 5.54. The number of terminal acetylenes is 1. The molecule has 106 valence electrons. The molecular weight excluding hydrogens is 256 g/mol. The van der Waals surface area contributed by atoms with Crippen molar-refractivity contribution in [3.8, 4) is 12.3 Å². The lowest BCUT2D eigenvalue weighted by molar-refractivity contribution is 0.144. The number of rotatable bonds is 1. The maximum absolute atomic E-state index is 11.3. The highest BCUT2D eigenvalue weighted by Gasteiger charge is 2.35. The van der Waals surface area contributed by atoms with Crippen LogP contribution in [0.4, 0.5) is 0 Å². The van der Waals surface area contributed by atoms with E-state index >= 15 is 0 Å². The van der Waals surface area contributed by atoms with Gasteiger partial charge in [-0.05, 0) is 42.9 Å². The van der Waals surface area contributed by atoms with Crippen molar-refractivity contribution in [2.45, 2.75) is 38.7 Å². The lowest BCUT2D eigenvalue weighted by Crippen LogP contribution is -2.27. The first-order valence-corrected chi connectivity index (χ1v) is 7.51. The molecule has 1 N–H and O–H groups in total. The third-order valence-electron chi connectivity index (χ3n) is 4.50. The number of fused-ring (bicyclic) bond motifs is 2. The van der Waals surface area contributed by atoms with Crippen molar-refractivity contribution in [3.05, 3.63) is 69.8 Å². The maximum atomic E-state index is 11.3. The van der Waals surface area contributed by atoms with E-state index in [9.17, 15) is 5.11 Å². The maximum Gasteiger partial charge on any atom is 0.177 e. The first-order chi connectivity index (χ1) is 10.1. The fraction of sp³-hybridized carbons (Fsp3) is 0.300. The molecule has 0 spiro atoms. The molecule has 1 atom stereocenters. The van der Waals surface area contributed by atoms with Crippen LogP contribution in [0.5, 0.6) is 0 Å². The van der Waals surface area contributed by atoms with Gasteiger partial charge in [-0.1, -0.05) is 54.8 Å². The molecule has 0 bridgehead atoms. The smallest absolute Gasteiger partial charge is 0.177 e. The summed E-state index contributed by atoms with van der Waals surface area (Å²) in [5.41, 5.74) is 5.07. The SMILES string of the molecule is C#CC1(O)c2cc(C)ccc2CCc2ccc(CC)cc21. The molecule has 0 radical (unpaired) electrons. The third kappa shape index (κ3) is 2.17. The number of hydrogen-bond acceptors (Lipinski definition) is 1. The Bertz CT molecular complexity index is 736. The Hall–Kier alpha value is -2.04. The topological polar surface area (TPSA) is 20.2 Å². The molecule has 21 heavy (non-hydrogen) atoms. The molecule has 0 fully saturated rings. The summed E-state index contributed by atoms with van der Waals surface area (Å²) in [6.45, 7) is 4.15. The van der Waals surface area contributed by atoms with Crippen molar-refractivity contribution < 1.29 is 5.11 Å². The first kappa shape index (κ1) is 13.9. The van der Waals surface area contributed by atoms with Crippen LogP contribution in [0.25, 0.3) is 0 Å². The molecule has 1 nitrogen and oxygen atoms in total. The van der Waals surface area contributed by atoms with Crippen LogP contribution in [0.3, 0.4) is 0 Å². The average Bonchev–Trinajstić information content (AvgIpc) is 2.63. The second kappa shape index (κ2) is 5.06. The second-order valence-corrected chi connectivity index (χ2v) is 5.86. The molecule has 0 heterocycles. The normalized spacial score (nSPS) is 20.1. The Morgan fingerprint density at radius 1 is 1.10 bits per heavy atom. The van der Waals surface area contributed by atoms with Crippen LogP contribution >= 0.6 is 0 Å². The average molecular weight is 276 g/mol. The zero-order valence-electron chi connectivity index (χ0n) is 12.6. The Morgan fingerprint density at radius 2 is 1.71 bits per heavy atom. The van der Waals surface area contributed by atoms with Crippen molar-refractivity contribution >= 4 is 0 Å². The number of benzene rings is 2. The van der Waals surface area contributed by atoms with Crippen LogP contribution in [-0.4, -0.2) is 5.11 Å². The summed E-state index contributed by atoms with van der Waals surface area (Å²) >= 11 is 0. The van der Waals surface area contributed by atoms with Crippen LogP contribution < -0.4 is 0 Å². The van der Waals surface area contributed by atoms with Gasteiger partial charge in [-0.3, -0.25) is 0 Å². The highest BCUT2D eigenvalue weighted by Crippen LogP contribution is 2.38. The van der Waals surface area contributed by atoms with E-state index in [1.54, 1.807) is 0 Å². The van der Waals surface area contributed by atoms with Gasteiger partial charge in [0, 0.05) is 11.1 Å². The van der Waals surface area contributed by atoms with Gasteiger partial charge in [0.1, 0.15) is 0 Å². The lowest BCUT2D eigenvalue weighted by Gasteiger charge is -2.26. The molecule has 0 aromatic heterocycles. The molecule has 0 aliphatic heterocycles. The van der Waals surface area contributed by atoms with Gasteiger partial charge in [-0.15, -0.1) is 6.42 Å². The molecule has 1 aliphatic rings. The van der Waals surface area contributed by atoms with Gasteiger partial charge in [0.15, 0.2) is 5.60 Å². The molecular formula is C20H20O. The molecule has 1 aliphatic carbocycles. The van der Waals surface area contributed by atoms with Crippen LogP contribution in [0, 0.1) is 19.3 Å². The number of aliphatic hydroxyl groups is 1. The predicted molar refractivity (Wildman–Crippen MR) is 86.2 cm³/mol. The van der Waals surface area contributed by atoms with E-state index in [0.717, 1.165) is 47.1 Å². The quantitative estimate of drug-likeness (QED) is 0.790. The highest BCUT2D eigenvalue weighted by atomic mass is 16.3. The van der Waals surface area contributed by atoms with E-state index < -0.39 is 5.60 Å². The first-order valence-electron chi connectivity index (χ1n) is 7.51. The molecule has 0 amide bonds. The van der Waals surface area contributed by atoms with E-state index in [-0.39, 0.29) is 0 Å². The summed E-state index contributed by atoms with van der Waals surface area (Å²) in [6, 6.07) is 12.5. The summed E-state index contributed by atoms with van der Waals surface area (Å²) in [6.07, 6.45) is 8.55. The zero-order valence-corrected chi connectivity index (χ0v) is 12.6. The van der Waals surface area contributed by atoms with Gasteiger partial charge >= 0.3 is 0 Å². The molecule has 0 saturated carbocycles. The monoisotopic (exact) mass is 276 g/mol. The minimum absolute atomic E-state index is 0.872. The van der Waals surface area contributed by atoms with Gasteiger partial charge in [0.25, 0.3) is 0 Å². The van der Waals surface area contributed by atoms with Crippen molar-refractivity contribution in [1.82, 2.24) is 0 Å². The van der Waals surface area contributed by atoms with Crippen molar-refractivity contribution in [3.63, 3.8) is 0 Å². The summed E-state index contributed by atoms with van der Waals surface area (Å²) < 4.78 is 0. The number of aryl methyl sites for hydroxylation is 4. The van der Waals surface area contributed by atoms with Crippen LogP contribution in [0.15, 0.2) is 36.4 Å². The van der Waals surface area contributed by atoms with E-state index in [0.29, 0.717) is 0 Å². The fourth-order valence-electron chi connectivity index (χ4n) is 3.21. The van der Waals surface area contributed by atoms with Crippen LogP contribution in [-0.2, 0) is 24.9 Å². The minimum atomic E-state index is -1.32. The van der Waals surface area contributed by atoms with Crippen molar-refractivity contribution in [1.29, 1.82) is 0 Å². The zero-order chi connectivity index (χ0) is 15.0. The van der Waals surface area contributed by atoms with Crippen LogP contribution in [0.1, 0.15) is 40.3 Å². The van der Waals surface area contributed by atoms with E-state index in [4.69, 9.17) is 6.42 Å². The van der Waals surface area contributed by atoms with E-state index in [1.165, 1.54) is 5.56 Å². The van der Waals surface area contributed by atoms with Crippen LogP contribution in [0.2, 0.25) is 0 Å². The molecule has 0 saturated heterocycles. The summed E-state index contributed by atoms with van der Waals surface area (Å²) in [5, 5.41) is 11.3. The summed E-state index contributed by atoms with van der Waals surface area (Å²) in [4.78, 5) is 0.